The van der Waals surface area contributed by atoms with E-state index in [-0.39, 0.29) is 18.0 Å². The Morgan fingerprint density at radius 3 is 2.29 bits per heavy atom. The molecule has 3 aromatic rings. The van der Waals surface area contributed by atoms with E-state index in [2.05, 4.69) is 4.98 Å². The highest BCUT2D eigenvalue weighted by atomic mass is 32.2. The number of benzene rings is 2. The number of aromatic nitrogens is 1. The minimum Gasteiger partial charge on any atom is -0.399 e. The van der Waals surface area contributed by atoms with E-state index in [1.807, 2.05) is 0 Å². The van der Waals surface area contributed by atoms with Crippen molar-refractivity contribution in [3.8, 4) is 0 Å². The van der Waals surface area contributed by atoms with E-state index in [0.29, 0.717) is 16.9 Å². The normalized spacial score (nSPS) is 11.5. The fourth-order valence-corrected chi connectivity index (χ4v) is 4.25. The summed E-state index contributed by atoms with van der Waals surface area (Å²) in [6, 6.07) is 17.3. The van der Waals surface area contributed by atoms with Gasteiger partial charge in [-0.3, -0.25) is 15.1 Å². The quantitative estimate of drug-likeness (QED) is 0.371. The van der Waals surface area contributed by atoms with Gasteiger partial charge in [0.15, 0.2) is 4.90 Å². The van der Waals surface area contributed by atoms with Gasteiger partial charge in [-0.05, 0) is 35.9 Å². The van der Waals surface area contributed by atoms with Crippen LogP contribution < -0.4 is 5.73 Å². The van der Waals surface area contributed by atoms with Crippen LogP contribution in [0.2, 0.25) is 0 Å². The SMILES string of the molecule is Nc1ccc(CN(Cc2ccccn2)S(=O)(=O)c2ccccc2[N+](=O)[O-])cc1. The number of pyridine rings is 1. The number of nitro benzene ring substituents is 1. The molecule has 1 aromatic heterocycles. The average molecular weight is 398 g/mol. The van der Waals surface area contributed by atoms with Crippen LogP contribution in [-0.4, -0.2) is 22.6 Å². The Labute approximate surface area is 162 Å². The fraction of sp³-hybridized carbons (Fsp3) is 0.105. The molecule has 3 rings (SSSR count). The molecule has 0 spiro atoms. The molecule has 0 fully saturated rings. The van der Waals surface area contributed by atoms with E-state index in [1.165, 1.54) is 28.6 Å². The third-order valence-electron chi connectivity index (χ3n) is 4.08. The zero-order chi connectivity index (χ0) is 20.1. The minimum atomic E-state index is -4.16. The molecule has 0 saturated carbocycles. The first-order valence-electron chi connectivity index (χ1n) is 8.36. The van der Waals surface area contributed by atoms with Gasteiger partial charge in [0.1, 0.15) is 0 Å². The number of nitrogens with two attached hydrogens (primary N) is 1. The van der Waals surface area contributed by atoms with Crippen molar-refractivity contribution in [1.29, 1.82) is 0 Å². The van der Waals surface area contributed by atoms with Gasteiger partial charge in [-0.15, -0.1) is 0 Å². The monoisotopic (exact) mass is 398 g/mol. The lowest BCUT2D eigenvalue weighted by molar-refractivity contribution is -0.387. The Morgan fingerprint density at radius 2 is 1.64 bits per heavy atom. The molecule has 28 heavy (non-hydrogen) atoms. The molecule has 1 heterocycles. The zero-order valence-electron chi connectivity index (χ0n) is 14.8. The number of sulfonamides is 1. The Hall–Kier alpha value is -3.30. The maximum Gasteiger partial charge on any atom is 0.289 e. The van der Waals surface area contributed by atoms with Crippen LogP contribution in [0.3, 0.4) is 0 Å². The number of hydrogen-bond acceptors (Lipinski definition) is 6. The highest BCUT2D eigenvalue weighted by molar-refractivity contribution is 7.89. The van der Waals surface area contributed by atoms with Gasteiger partial charge < -0.3 is 5.73 Å². The van der Waals surface area contributed by atoms with E-state index >= 15 is 0 Å². The molecular weight excluding hydrogens is 380 g/mol. The van der Waals surface area contributed by atoms with Crippen molar-refractivity contribution in [2.45, 2.75) is 18.0 Å². The molecule has 0 amide bonds. The van der Waals surface area contributed by atoms with Crippen LogP contribution in [0.4, 0.5) is 11.4 Å². The highest BCUT2D eigenvalue weighted by Crippen LogP contribution is 2.28. The third kappa shape index (κ3) is 4.33. The lowest BCUT2D eigenvalue weighted by Gasteiger charge is -2.22. The number of nitrogen functional groups attached to an aromatic ring is 1. The second-order valence-corrected chi connectivity index (χ2v) is 7.97. The summed E-state index contributed by atoms with van der Waals surface area (Å²) < 4.78 is 27.8. The van der Waals surface area contributed by atoms with Crippen LogP contribution in [0.25, 0.3) is 0 Å². The first kappa shape index (κ1) is 19.5. The number of nitro groups is 1. The van der Waals surface area contributed by atoms with Crippen molar-refractivity contribution in [2.75, 3.05) is 5.73 Å². The maximum absolute atomic E-state index is 13.3. The Kier molecular flexibility index (Phi) is 5.67. The molecule has 0 radical (unpaired) electrons. The van der Waals surface area contributed by atoms with Crippen molar-refractivity contribution in [2.24, 2.45) is 0 Å². The lowest BCUT2D eigenvalue weighted by Crippen LogP contribution is -2.31. The zero-order valence-corrected chi connectivity index (χ0v) is 15.6. The number of hydrogen-bond donors (Lipinski definition) is 1. The van der Waals surface area contributed by atoms with Gasteiger partial charge >= 0.3 is 0 Å². The summed E-state index contributed by atoms with van der Waals surface area (Å²) in [6.07, 6.45) is 1.56. The first-order chi connectivity index (χ1) is 13.4. The smallest absolute Gasteiger partial charge is 0.289 e. The predicted octanol–water partition coefficient (Wildman–Crippen LogP) is 2.96. The van der Waals surface area contributed by atoms with E-state index in [4.69, 9.17) is 5.73 Å². The van der Waals surface area contributed by atoms with Crippen LogP contribution in [0.1, 0.15) is 11.3 Å². The number of rotatable bonds is 7. The molecule has 2 aromatic carbocycles. The lowest BCUT2D eigenvalue weighted by atomic mass is 10.2. The summed E-state index contributed by atoms with van der Waals surface area (Å²) in [5, 5.41) is 11.3. The number of para-hydroxylation sites is 1. The summed E-state index contributed by atoms with van der Waals surface area (Å²) >= 11 is 0. The van der Waals surface area contributed by atoms with Crippen molar-refractivity contribution in [1.82, 2.24) is 9.29 Å². The van der Waals surface area contributed by atoms with E-state index in [9.17, 15) is 18.5 Å². The van der Waals surface area contributed by atoms with Gasteiger partial charge in [0.05, 0.1) is 17.2 Å². The molecule has 0 unspecified atom stereocenters. The van der Waals surface area contributed by atoms with Crippen LogP contribution in [-0.2, 0) is 23.1 Å². The molecule has 2 N–H and O–H groups in total. The predicted molar refractivity (Wildman–Crippen MR) is 105 cm³/mol. The molecule has 0 aliphatic rings. The van der Waals surface area contributed by atoms with E-state index in [0.717, 1.165) is 0 Å². The van der Waals surface area contributed by atoms with Crippen molar-refractivity contribution >= 4 is 21.4 Å². The number of anilines is 1. The van der Waals surface area contributed by atoms with Crippen LogP contribution >= 0.6 is 0 Å². The molecule has 8 nitrogen and oxygen atoms in total. The summed E-state index contributed by atoms with van der Waals surface area (Å²) in [7, 11) is -4.16. The van der Waals surface area contributed by atoms with Gasteiger partial charge in [-0.25, -0.2) is 8.42 Å². The molecule has 0 aliphatic carbocycles. The van der Waals surface area contributed by atoms with Crippen molar-refractivity contribution in [3.63, 3.8) is 0 Å². The van der Waals surface area contributed by atoms with Gasteiger partial charge in [0.2, 0.25) is 0 Å². The minimum absolute atomic E-state index is 0.0191. The topological polar surface area (TPSA) is 119 Å². The van der Waals surface area contributed by atoms with Crippen LogP contribution in [0.15, 0.2) is 77.8 Å². The summed E-state index contributed by atoms with van der Waals surface area (Å²) in [5.74, 6) is 0. The third-order valence-corrected chi connectivity index (χ3v) is 5.92. The summed E-state index contributed by atoms with van der Waals surface area (Å²) in [6.45, 7) is -0.00909. The Morgan fingerprint density at radius 1 is 0.964 bits per heavy atom. The van der Waals surface area contributed by atoms with Gasteiger partial charge in [0.25, 0.3) is 15.7 Å². The molecule has 9 heteroatoms. The Balaban J connectivity index is 2.04. The summed E-state index contributed by atoms with van der Waals surface area (Å²) in [5.41, 5.74) is 7.01. The van der Waals surface area contributed by atoms with Crippen molar-refractivity contribution < 1.29 is 13.3 Å². The molecule has 0 bridgehead atoms. The summed E-state index contributed by atoms with van der Waals surface area (Å²) in [4.78, 5) is 14.5. The second kappa shape index (κ2) is 8.15. The highest BCUT2D eigenvalue weighted by Gasteiger charge is 2.31. The maximum atomic E-state index is 13.3. The van der Waals surface area contributed by atoms with Gasteiger partial charge in [0, 0.05) is 24.5 Å². The Bertz CT molecular complexity index is 1070. The standard InChI is InChI=1S/C19H18N4O4S/c20-16-10-8-15(9-11-16)13-22(14-17-5-3-4-12-21-17)28(26,27)19-7-2-1-6-18(19)23(24)25/h1-12H,13-14,20H2. The molecule has 144 valence electrons. The molecule has 0 atom stereocenters. The average Bonchev–Trinajstić information content (AvgIpc) is 2.70. The van der Waals surface area contributed by atoms with Gasteiger partial charge in [-0.2, -0.15) is 4.31 Å². The van der Waals surface area contributed by atoms with E-state index in [1.54, 1.807) is 48.7 Å². The van der Waals surface area contributed by atoms with Crippen LogP contribution in [0.5, 0.6) is 0 Å². The molecular formula is C19H18N4O4S. The van der Waals surface area contributed by atoms with Crippen LogP contribution in [0, 0.1) is 10.1 Å². The molecule has 0 saturated heterocycles. The second-order valence-electron chi connectivity index (χ2n) is 6.06. The van der Waals surface area contributed by atoms with Crippen molar-refractivity contribution in [3.05, 3.63) is 94.3 Å². The number of nitrogens with zero attached hydrogens (tertiary/aromatic N) is 3. The first-order valence-corrected chi connectivity index (χ1v) is 9.80. The molecule has 0 aliphatic heterocycles. The largest absolute Gasteiger partial charge is 0.399 e. The fourth-order valence-electron chi connectivity index (χ4n) is 2.69. The van der Waals surface area contributed by atoms with Gasteiger partial charge in [-0.1, -0.05) is 30.3 Å². The van der Waals surface area contributed by atoms with E-state index < -0.39 is 20.6 Å².